The molecular formula is C8H14ClNO2. The monoisotopic (exact) mass is 191 g/mol. The highest BCUT2D eigenvalue weighted by molar-refractivity contribution is 6.25. The van der Waals surface area contributed by atoms with Crippen molar-refractivity contribution in [2.75, 3.05) is 26.2 Å². The van der Waals surface area contributed by atoms with Gasteiger partial charge in [-0.15, -0.1) is 0 Å². The summed E-state index contributed by atoms with van der Waals surface area (Å²) >= 11 is 5.37. The lowest BCUT2D eigenvalue weighted by atomic mass is 10.1. The standard InChI is InChI=1S/C8H14ClNO2/c9-3-1-4-10-5-2-8(12,6-10)7-11/h1,3,11-12H,2,4-7H2/b3-1+. The molecule has 1 aliphatic rings. The number of aliphatic hydroxyl groups excluding tert-OH is 1. The summed E-state index contributed by atoms with van der Waals surface area (Å²) in [5.41, 5.74) is 0.580. The van der Waals surface area contributed by atoms with E-state index in [1.807, 2.05) is 6.08 Å². The minimum atomic E-state index is -0.889. The number of β-amino-alcohol motifs (C(OH)–C–C–N with tert-alkyl or cyclic N) is 1. The van der Waals surface area contributed by atoms with E-state index in [1.54, 1.807) is 0 Å². The van der Waals surface area contributed by atoms with Crippen molar-refractivity contribution in [1.82, 2.24) is 4.90 Å². The third kappa shape index (κ3) is 2.45. The second-order valence-corrected chi connectivity index (χ2v) is 3.48. The summed E-state index contributed by atoms with van der Waals surface area (Å²) in [6.45, 7) is 1.93. The van der Waals surface area contributed by atoms with Crippen LogP contribution in [0.2, 0.25) is 0 Å². The van der Waals surface area contributed by atoms with Crippen molar-refractivity contribution in [3.63, 3.8) is 0 Å². The van der Waals surface area contributed by atoms with Gasteiger partial charge < -0.3 is 10.2 Å². The van der Waals surface area contributed by atoms with Gasteiger partial charge in [0.1, 0.15) is 5.60 Å². The molecule has 1 saturated heterocycles. The van der Waals surface area contributed by atoms with E-state index in [9.17, 15) is 5.11 Å². The SMILES string of the molecule is OCC1(O)CCN(C/C=C/Cl)C1. The molecule has 0 aliphatic carbocycles. The van der Waals surface area contributed by atoms with Crippen molar-refractivity contribution in [3.05, 3.63) is 11.6 Å². The summed E-state index contributed by atoms with van der Waals surface area (Å²) in [7, 11) is 0. The fourth-order valence-electron chi connectivity index (χ4n) is 1.41. The minimum absolute atomic E-state index is 0.159. The molecule has 1 heterocycles. The average Bonchev–Trinajstić information content (AvgIpc) is 2.45. The third-order valence-corrected chi connectivity index (χ3v) is 2.34. The van der Waals surface area contributed by atoms with Crippen LogP contribution in [0.5, 0.6) is 0 Å². The van der Waals surface area contributed by atoms with Crippen LogP contribution >= 0.6 is 11.6 Å². The first-order valence-corrected chi connectivity index (χ1v) is 4.45. The summed E-state index contributed by atoms with van der Waals surface area (Å²) in [6, 6.07) is 0. The fraction of sp³-hybridized carbons (Fsp3) is 0.750. The van der Waals surface area contributed by atoms with Gasteiger partial charge in [0.15, 0.2) is 0 Å². The highest BCUT2D eigenvalue weighted by Gasteiger charge is 2.34. The Hall–Kier alpha value is -0.0900. The molecule has 0 bridgehead atoms. The number of nitrogens with zero attached hydrogens (tertiary/aromatic N) is 1. The zero-order chi connectivity index (χ0) is 9.03. The van der Waals surface area contributed by atoms with E-state index in [1.165, 1.54) is 5.54 Å². The first kappa shape index (κ1) is 9.99. The minimum Gasteiger partial charge on any atom is -0.393 e. The van der Waals surface area contributed by atoms with Crippen LogP contribution in [-0.4, -0.2) is 47.0 Å². The van der Waals surface area contributed by atoms with Crippen molar-refractivity contribution < 1.29 is 10.2 Å². The second kappa shape index (κ2) is 4.23. The largest absolute Gasteiger partial charge is 0.393 e. The van der Waals surface area contributed by atoms with Gasteiger partial charge in [0, 0.05) is 25.2 Å². The summed E-state index contributed by atoms with van der Waals surface area (Å²) in [5, 5.41) is 18.5. The van der Waals surface area contributed by atoms with Gasteiger partial charge in [-0.2, -0.15) is 0 Å². The molecule has 1 rings (SSSR count). The van der Waals surface area contributed by atoms with E-state index in [4.69, 9.17) is 16.7 Å². The van der Waals surface area contributed by atoms with Crippen LogP contribution in [0.15, 0.2) is 11.6 Å². The molecule has 1 aliphatic heterocycles. The molecule has 0 saturated carbocycles. The molecule has 1 fully saturated rings. The molecule has 1 unspecified atom stereocenters. The fourth-order valence-corrected chi connectivity index (χ4v) is 1.49. The summed E-state index contributed by atoms with van der Waals surface area (Å²) in [6.07, 6.45) is 2.46. The van der Waals surface area contributed by atoms with Gasteiger partial charge in [0.05, 0.1) is 6.61 Å². The Morgan fingerprint density at radius 2 is 2.33 bits per heavy atom. The predicted octanol–water partition coefficient (Wildman–Crippen LogP) is 0.168. The molecule has 1 atom stereocenters. The van der Waals surface area contributed by atoms with Gasteiger partial charge in [-0.25, -0.2) is 0 Å². The quantitative estimate of drug-likeness (QED) is 0.669. The third-order valence-electron chi connectivity index (χ3n) is 2.16. The number of halogens is 1. The number of hydrogen-bond acceptors (Lipinski definition) is 3. The Kier molecular flexibility index (Phi) is 3.53. The Bertz CT molecular complexity index is 174. The van der Waals surface area contributed by atoms with Crippen LogP contribution in [0.4, 0.5) is 0 Å². The maximum absolute atomic E-state index is 9.62. The van der Waals surface area contributed by atoms with Crippen molar-refractivity contribution in [3.8, 4) is 0 Å². The second-order valence-electron chi connectivity index (χ2n) is 3.23. The predicted molar refractivity (Wildman–Crippen MR) is 48.1 cm³/mol. The number of aliphatic hydroxyl groups is 2. The number of hydrogen-bond donors (Lipinski definition) is 2. The topological polar surface area (TPSA) is 43.7 Å². The molecule has 2 N–H and O–H groups in total. The van der Waals surface area contributed by atoms with Gasteiger partial charge in [-0.05, 0) is 6.42 Å². The molecule has 0 spiro atoms. The van der Waals surface area contributed by atoms with Crippen molar-refractivity contribution in [2.24, 2.45) is 0 Å². The molecule has 0 aromatic heterocycles. The molecule has 0 amide bonds. The highest BCUT2D eigenvalue weighted by atomic mass is 35.5. The van der Waals surface area contributed by atoms with Crippen molar-refractivity contribution >= 4 is 11.6 Å². The van der Waals surface area contributed by atoms with Crippen LogP contribution in [0, 0.1) is 0 Å². The van der Waals surface area contributed by atoms with E-state index in [2.05, 4.69) is 4.90 Å². The molecular weight excluding hydrogens is 178 g/mol. The van der Waals surface area contributed by atoms with Gasteiger partial charge >= 0.3 is 0 Å². The summed E-state index contributed by atoms with van der Waals surface area (Å²) in [5.74, 6) is 0. The van der Waals surface area contributed by atoms with Crippen LogP contribution in [0.1, 0.15) is 6.42 Å². The Morgan fingerprint density at radius 3 is 2.83 bits per heavy atom. The molecule has 0 aromatic carbocycles. The lowest BCUT2D eigenvalue weighted by Gasteiger charge is -2.19. The molecule has 0 aromatic rings. The number of likely N-dealkylation sites (tertiary alicyclic amines) is 1. The number of rotatable bonds is 3. The smallest absolute Gasteiger partial charge is 0.102 e. The van der Waals surface area contributed by atoms with E-state index in [0.29, 0.717) is 13.0 Å². The zero-order valence-corrected chi connectivity index (χ0v) is 7.67. The molecule has 12 heavy (non-hydrogen) atoms. The Morgan fingerprint density at radius 1 is 1.58 bits per heavy atom. The summed E-state index contributed by atoms with van der Waals surface area (Å²) < 4.78 is 0. The van der Waals surface area contributed by atoms with Crippen molar-refractivity contribution in [1.29, 1.82) is 0 Å². The molecule has 4 heteroatoms. The van der Waals surface area contributed by atoms with Gasteiger partial charge in [-0.1, -0.05) is 17.7 Å². The Balaban J connectivity index is 2.35. The van der Waals surface area contributed by atoms with Crippen LogP contribution in [-0.2, 0) is 0 Å². The van der Waals surface area contributed by atoms with Crippen LogP contribution in [0.25, 0.3) is 0 Å². The van der Waals surface area contributed by atoms with E-state index in [0.717, 1.165) is 13.1 Å². The highest BCUT2D eigenvalue weighted by Crippen LogP contribution is 2.19. The van der Waals surface area contributed by atoms with Crippen LogP contribution in [0.3, 0.4) is 0 Å². The molecule has 0 radical (unpaired) electrons. The van der Waals surface area contributed by atoms with Gasteiger partial charge in [-0.3, -0.25) is 4.90 Å². The first-order valence-electron chi connectivity index (χ1n) is 4.01. The molecule has 70 valence electrons. The van der Waals surface area contributed by atoms with Crippen LogP contribution < -0.4 is 0 Å². The Labute approximate surface area is 77.2 Å². The lowest BCUT2D eigenvalue weighted by Crippen LogP contribution is -2.36. The first-order chi connectivity index (χ1) is 5.70. The maximum atomic E-state index is 9.62. The summed E-state index contributed by atoms with van der Waals surface area (Å²) in [4.78, 5) is 2.05. The normalized spacial score (nSPS) is 31.9. The van der Waals surface area contributed by atoms with E-state index in [-0.39, 0.29) is 6.61 Å². The van der Waals surface area contributed by atoms with E-state index >= 15 is 0 Å². The zero-order valence-electron chi connectivity index (χ0n) is 6.91. The lowest BCUT2D eigenvalue weighted by molar-refractivity contribution is -0.00449. The van der Waals surface area contributed by atoms with Gasteiger partial charge in [0.25, 0.3) is 0 Å². The van der Waals surface area contributed by atoms with Crippen molar-refractivity contribution in [2.45, 2.75) is 12.0 Å². The average molecular weight is 192 g/mol. The molecule has 3 nitrogen and oxygen atoms in total. The van der Waals surface area contributed by atoms with E-state index < -0.39 is 5.60 Å². The maximum Gasteiger partial charge on any atom is 0.102 e. The van der Waals surface area contributed by atoms with Gasteiger partial charge in [0.2, 0.25) is 0 Å².